The van der Waals surface area contributed by atoms with Gasteiger partial charge in [-0.15, -0.1) is 5.10 Å². The summed E-state index contributed by atoms with van der Waals surface area (Å²) >= 11 is 0. The van der Waals surface area contributed by atoms with E-state index in [9.17, 15) is 14.9 Å². The van der Waals surface area contributed by atoms with Crippen molar-refractivity contribution in [3.63, 3.8) is 0 Å². The van der Waals surface area contributed by atoms with Crippen LogP contribution in [0.25, 0.3) is 22.1 Å². The zero-order valence-electron chi connectivity index (χ0n) is 18.1. The molecule has 0 aliphatic carbocycles. The van der Waals surface area contributed by atoms with Gasteiger partial charge in [0.05, 0.1) is 29.7 Å². The quantitative estimate of drug-likeness (QED) is 0.475. The lowest BCUT2D eigenvalue weighted by Gasteiger charge is -2.26. The smallest absolute Gasteiger partial charge is 0.296 e. The first-order chi connectivity index (χ1) is 14.7. The minimum absolute atomic E-state index is 0.123. The first kappa shape index (κ1) is 20.5. The fourth-order valence-electron chi connectivity index (χ4n) is 3.74. The summed E-state index contributed by atoms with van der Waals surface area (Å²) in [5.74, 6) is 0. The van der Waals surface area contributed by atoms with E-state index in [4.69, 9.17) is 0 Å². The van der Waals surface area contributed by atoms with E-state index in [-0.39, 0.29) is 17.2 Å². The molecule has 31 heavy (non-hydrogen) atoms. The zero-order valence-corrected chi connectivity index (χ0v) is 18.1. The summed E-state index contributed by atoms with van der Waals surface area (Å²) < 4.78 is 6.16. The second-order valence-electron chi connectivity index (χ2n) is 8.49. The van der Waals surface area contributed by atoms with Crippen LogP contribution in [-0.4, -0.2) is 38.9 Å². The molecule has 0 radical (unpaired) electrons. The molecule has 0 saturated heterocycles. The number of rotatable bonds is 5. The topological polar surface area (TPSA) is 129 Å². The van der Waals surface area contributed by atoms with Crippen LogP contribution in [0, 0.1) is 11.3 Å². The van der Waals surface area contributed by atoms with Crippen LogP contribution in [0.5, 0.6) is 0 Å². The molecule has 0 N–H and O–H groups in total. The first-order valence-corrected chi connectivity index (χ1v) is 9.94. The third kappa shape index (κ3) is 3.20. The van der Waals surface area contributed by atoms with Crippen molar-refractivity contribution in [1.29, 1.82) is 5.26 Å². The Morgan fingerprint density at radius 1 is 1.19 bits per heavy atom. The molecule has 0 bridgehead atoms. The molecule has 4 heterocycles. The number of fused-ring (bicyclic) bond motifs is 2. The second-order valence-corrected chi connectivity index (χ2v) is 8.49. The second kappa shape index (κ2) is 7.16. The molecule has 4 rings (SSSR count). The SMILES string of the molecule is CC(C)n1nnc2ncn(CCC(C)(C)n3ncc4c(C#N)cn(C)c4c3=O)c2c1=O. The number of nitrogens with zero attached hydrogens (tertiary/aromatic N) is 9. The van der Waals surface area contributed by atoms with E-state index in [2.05, 4.69) is 26.5 Å². The maximum atomic E-state index is 13.2. The summed E-state index contributed by atoms with van der Waals surface area (Å²) in [6.07, 6.45) is 5.26. The minimum Gasteiger partial charge on any atom is -0.345 e. The predicted octanol–water partition coefficient (Wildman–Crippen LogP) is 1.31. The van der Waals surface area contributed by atoms with Crippen LogP contribution in [-0.2, 0) is 19.1 Å². The van der Waals surface area contributed by atoms with Gasteiger partial charge in [-0.3, -0.25) is 9.59 Å². The van der Waals surface area contributed by atoms with Gasteiger partial charge in [-0.05, 0) is 34.1 Å². The molecule has 160 valence electrons. The van der Waals surface area contributed by atoms with Crippen LogP contribution in [0.4, 0.5) is 0 Å². The van der Waals surface area contributed by atoms with Gasteiger partial charge in [0.15, 0.2) is 5.52 Å². The van der Waals surface area contributed by atoms with Crippen LogP contribution in [0.15, 0.2) is 28.3 Å². The number of nitriles is 1. The molecule has 0 atom stereocenters. The molecule has 0 amide bonds. The summed E-state index contributed by atoms with van der Waals surface area (Å²) in [6, 6.07) is 1.97. The molecule has 0 aliphatic rings. The number of hydrogen-bond acceptors (Lipinski definition) is 7. The molecule has 0 aromatic carbocycles. The predicted molar refractivity (Wildman–Crippen MR) is 114 cm³/mol. The monoisotopic (exact) mass is 421 g/mol. The van der Waals surface area contributed by atoms with Crippen molar-refractivity contribution < 1.29 is 0 Å². The van der Waals surface area contributed by atoms with Gasteiger partial charge in [0, 0.05) is 25.2 Å². The van der Waals surface area contributed by atoms with E-state index in [1.54, 1.807) is 34.9 Å². The van der Waals surface area contributed by atoms with Crippen LogP contribution in [0.2, 0.25) is 0 Å². The van der Waals surface area contributed by atoms with Gasteiger partial charge < -0.3 is 9.13 Å². The zero-order chi connectivity index (χ0) is 22.5. The molecule has 4 aromatic heterocycles. The number of imidazole rings is 1. The van der Waals surface area contributed by atoms with Crippen LogP contribution < -0.4 is 11.1 Å². The molecule has 0 unspecified atom stereocenters. The van der Waals surface area contributed by atoms with Crippen molar-refractivity contribution in [2.75, 3.05) is 0 Å². The fraction of sp³-hybridized carbons (Fsp3) is 0.450. The molecular formula is C20H23N9O2. The Kier molecular flexibility index (Phi) is 4.72. The summed E-state index contributed by atoms with van der Waals surface area (Å²) in [4.78, 5) is 30.2. The lowest BCUT2D eigenvalue weighted by molar-refractivity contribution is 0.269. The third-order valence-corrected chi connectivity index (χ3v) is 5.53. The van der Waals surface area contributed by atoms with E-state index in [0.29, 0.717) is 40.6 Å². The van der Waals surface area contributed by atoms with Gasteiger partial charge in [-0.2, -0.15) is 10.4 Å². The van der Waals surface area contributed by atoms with E-state index < -0.39 is 5.54 Å². The highest BCUT2D eigenvalue weighted by atomic mass is 16.1. The van der Waals surface area contributed by atoms with Crippen LogP contribution in [0.3, 0.4) is 0 Å². The van der Waals surface area contributed by atoms with Crippen molar-refractivity contribution in [2.45, 2.75) is 52.2 Å². The molecule has 11 nitrogen and oxygen atoms in total. The van der Waals surface area contributed by atoms with E-state index >= 15 is 0 Å². The van der Waals surface area contributed by atoms with Crippen molar-refractivity contribution in [3.8, 4) is 6.07 Å². The molecule has 4 aromatic rings. The van der Waals surface area contributed by atoms with Gasteiger partial charge >= 0.3 is 0 Å². The normalized spacial score (nSPS) is 12.2. The van der Waals surface area contributed by atoms with Crippen molar-refractivity contribution >= 4 is 22.1 Å². The maximum Gasteiger partial charge on any atom is 0.296 e. The lowest BCUT2D eigenvalue weighted by atomic mass is 10.0. The van der Waals surface area contributed by atoms with Crippen molar-refractivity contribution in [3.05, 3.63) is 45.0 Å². The summed E-state index contributed by atoms with van der Waals surface area (Å²) in [6.45, 7) is 7.98. The van der Waals surface area contributed by atoms with Crippen LogP contribution >= 0.6 is 0 Å². The molecular weight excluding hydrogens is 398 g/mol. The van der Waals surface area contributed by atoms with E-state index in [0.717, 1.165) is 0 Å². The Bertz CT molecular complexity index is 1460. The molecule has 0 saturated carbocycles. The van der Waals surface area contributed by atoms with Gasteiger partial charge in [0.1, 0.15) is 11.6 Å². The Balaban J connectivity index is 1.71. The largest absolute Gasteiger partial charge is 0.345 e. The van der Waals surface area contributed by atoms with E-state index in [1.165, 1.54) is 9.36 Å². The Hall–Kier alpha value is -3.81. The number of aromatic nitrogens is 8. The molecule has 0 spiro atoms. The fourth-order valence-corrected chi connectivity index (χ4v) is 3.74. The average Bonchev–Trinajstić information content (AvgIpc) is 3.28. The minimum atomic E-state index is -0.656. The Morgan fingerprint density at radius 3 is 2.61 bits per heavy atom. The Morgan fingerprint density at radius 2 is 1.94 bits per heavy atom. The molecule has 0 fully saturated rings. The third-order valence-electron chi connectivity index (χ3n) is 5.53. The van der Waals surface area contributed by atoms with Gasteiger partial charge in [-0.25, -0.2) is 14.3 Å². The van der Waals surface area contributed by atoms with Gasteiger partial charge in [0.25, 0.3) is 11.1 Å². The summed E-state index contributed by atoms with van der Waals surface area (Å²) in [7, 11) is 1.74. The van der Waals surface area contributed by atoms with E-state index in [1.807, 2.05) is 27.7 Å². The lowest BCUT2D eigenvalue weighted by Crippen LogP contribution is -2.39. The highest BCUT2D eigenvalue weighted by Crippen LogP contribution is 2.22. The standard InChI is InChI=1S/C20H23N9O2/c1-12(2)28-18(30)16-17(24-25-28)22-11-27(16)7-6-20(3,4)29-19(31)15-14(9-23-29)13(8-21)10-26(15)5/h9-12H,6-7H2,1-5H3. The number of aryl methyl sites for hydroxylation is 2. The Labute approximate surface area is 177 Å². The summed E-state index contributed by atoms with van der Waals surface area (Å²) in [5.41, 5.74) is 0.356. The summed E-state index contributed by atoms with van der Waals surface area (Å²) in [5, 5.41) is 22.1. The first-order valence-electron chi connectivity index (χ1n) is 9.94. The maximum absolute atomic E-state index is 13.2. The number of hydrogen-bond donors (Lipinski definition) is 0. The average molecular weight is 421 g/mol. The van der Waals surface area contributed by atoms with Crippen molar-refractivity contribution in [1.82, 2.24) is 38.9 Å². The van der Waals surface area contributed by atoms with Gasteiger partial charge in [-0.1, -0.05) is 5.21 Å². The highest BCUT2D eigenvalue weighted by molar-refractivity contribution is 5.84. The van der Waals surface area contributed by atoms with Crippen molar-refractivity contribution in [2.24, 2.45) is 7.05 Å². The molecule has 0 aliphatic heterocycles. The molecule has 11 heteroatoms. The highest BCUT2D eigenvalue weighted by Gasteiger charge is 2.26. The van der Waals surface area contributed by atoms with Gasteiger partial charge in [0.2, 0.25) is 5.65 Å². The van der Waals surface area contributed by atoms with Crippen LogP contribution in [0.1, 0.15) is 45.7 Å².